The molecule has 1 amide bonds. The molecule has 1 fully saturated rings. The van der Waals surface area contributed by atoms with E-state index in [1.807, 2.05) is 24.3 Å². The Bertz CT molecular complexity index is 951. The Kier molecular flexibility index (Phi) is 5.47. The topological polar surface area (TPSA) is 41.5 Å². The number of hydrazone groups is 1. The van der Waals surface area contributed by atoms with Crippen molar-refractivity contribution in [1.29, 1.82) is 0 Å². The second-order valence-electron chi connectivity index (χ2n) is 8.04. The van der Waals surface area contributed by atoms with E-state index in [9.17, 15) is 26.7 Å². The largest absolute Gasteiger partial charge is 0.273 e. The predicted molar refractivity (Wildman–Crippen MR) is 98.0 cm³/mol. The summed E-state index contributed by atoms with van der Waals surface area (Å²) in [5.41, 5.74) is 3.04. The number of rotatable bonds is 4. The number of halogens is 5. The van der Waals surface area contributed by atoms with Crippen molar-refractivity contribution >= 4 is 12.1 Å². The Balaban J connectivity index is 1.65. The van der Waals surface area contributed by atoms with E-state index in [1.165, 1.54) is 0 Å². The normalized spacial score (nSPS) is 18.9. The van der Waals surface area contributed by atoms with Gasteiger partial charge >= 0.3 is 0 Å². The minimum Gasteiger partial charge on any atom is -0.273 e. The van der Waals surface area contributed by atoms with Crippen molar-refractivity contribution in [3.05, 3.63) is 70.0 Å². The fourth-order valence-corrected chi connectivity index (χ4v) is 3.06. The molecule has 2 aromatic carbocycles. The van der Waals surface area contributed by atoms with Gasteiger partial charge in [-0.3, -0.25) is 4.79 Å². The highest BCUT2D eigenvalue weighted by molar-refractivity contribution is 5.85. The maximum Gasteiger partial charge on any atom is 0.243 e. The number of hydrogen-bond acceptors (Lipinski definition) is 2. The average Bonchev–Trinajstić information content (AvgIpc) is 3.48. The molecule has 0 aromatic heterocycles. The number of carbonyl (C=O) groups excluding carboxylic acids is 1. The molecule has 0 bridgehead atoms. The quantitative estimate of drug-likeness (QED) is 0.251. The SMILES string of the molecule is CC(C)(C)c1ccc(C2CC2C(=O)NN=Cc2c(F)c(F)c(F)c(F)c2F)cc1. The van der Waals surface area contributed by atoms with Crippen molar-refractivity contribution in [1.82, 2.24) is 5.43 Å². The molecule has 2 unspecified atom stereocenters. The molecule has 3 nitrogen and oxygen atoms in total. The van der Waals surface area contributed by atoms with Gasteiger partial charge < -0.3 is 0 Å². The van der Waals surface area contributed by atoms with Crippen molar-refractivity contribution in [2.24, 2.45) is 11.0 Å². The molecule has 29 heavy (non-hydrogen) atoms. The Hall–Kier alpha value is -2.77. The first kappa shape index (κ1) is 21.0. The van der Waals surface area contributed by atoms with Crippen LogP contribution in [0.25, 0.3) is 0 Å². The van der Waals surface area contributed by atoms with Gasteiger partial charge in [0, 0.05) is 5.92 Å². The molecule has 0 radical (unpaired) electrons. The van der Waals surface area contributed by atoms with Crippen LogP contribution in [-0.4, -0.2) is 12.1 Å². The summed E-state index contributed by atoms with van der Waals surface area (Å²) in [6.45, 7) is 6.29. The number of nitrogens with zero attached hydrogens (tertiary/aromatic N) is 1. The maximum absolute atomic E-state index is 13.6. The standard InChI is InChI=1S/C21H19F5N2O/c1-21(2,3)11-6-4-10(5-7-11)12-8-13(12)20(29)28-27-9-14-15(22)17(24)19(26)18(25)16(14)23/h4-7,9,12-13H,8H2,1-3H3,(H,28,29). The zero-order valence-electron chi connectivity index (χ0n) is 16.0. The van der Waals surface area contributed by atoms with E-state index in [4.69, 9.17) is 0 Å². The highest BCUT2D eigenvalue weighted by atomic mass is 19.2. The Morgan fingerprint density at radius 2 is 1.48 bits per heavy atom. The number of benzene rings is 2. The van der Waals surface area contributed by atoms with Crippen LogP contribution in [0.2, 0.25) is 0 Å². The molecular formula is C21H19F5N2O. The summed E-state index contributed by atoms with van der Waals surface area (Å²) in [6.07, 6.45) is 0.989. The van der Waals surface area contributed by atoms with E-state index in [0.29, 0.717) is 12.6 Å². The molecular weight excluding hydrogens is 391 g/mol. The summed E-state index contributed by atoms with van der Waals surface area (Å²) in [5.74, 6) is -11.3. The first-order valence-corrected chi connectivity index (χ1v) is 8.97. The molecule has 1 aliphatic rings. The predicted octanol–water partition coefficient (Wildman–Crippen LogP) is 4.93. The summed E-state index contributed by atoms with van der Waals surface area (Å²) in [4.78, 5) is 12.1. The fraction of sp³-hybridized carbons (Fsp3) is 0.333. The molecule has 0 spiro atoms. The highest BCUT2D eigenvalue weighted by Gasteiger charge is 2.44. The van der Waals surface area contributed by atoms with Gasteiger partial charge in [0.25, 0.3) is 0 Å². The number of hydrogen-bond donors (Lipinski definition) is 1. The van der Waals surface area contributed by atoms with Gasteiger partial charge in [0.15, 0.2) is 23.3 Å². The molecule has 0 aliphatic heterocycles. The molecule has 3 rings (SSSR count). The zero-order chi connectivity index (χ0) is 21.5. The lowest BCUT2D eigenvalue weighted by Gasteiger charge is -2.19. The first-order chi connectivity index (χ1) is 13.5. The van der Waals surface area contributed by atoms with E-state index < -0.39 is 40.6 Å². The van der Waals surface area contributed by atoms with Crippen LogP contribution in [0.15, 0.2) is 29.4 Å². The number of amides is 1. The van der Waals surface area contributed by atoms with Crippen LogP contribution < -0.4 is 5.43 Å². The Morgan fingerprint density at radius 1 is 0.966 bits per heavy atom. The van der Waals surface area contributed by atoms with Gasteiger partial charge in [0.1, 0.15) is 0 Å². The molecule has 2 aromatic rings. The smallest absolute Gasteiger partial charge is 0.243 e. The molecule has 1 saturated carbocycles. The number of nitrogens with one attached hydrogen (secondary N) is 1. The maximum atomic E-state index is 13.6. The van der Waals surface area contributed by atoms with Crippen LogP contribution in [0.5, 0.6) is 0 Å². The van der Waals surface area contributed by atoms with Gasteiger partial charge in [-0.25, -0.2) is 27.4 Å². The monoisotopic (exact) mass is 410 g/mol. The Labute approximate surface area is 164 Å². The average molecular weight is 410 g/mol. The molecule has 8 heteroatoms. The van der Waals surface area contributed by atoms with Crippen molar-refractivity contribution in [3.63, 3.8) is 0 Å². The summed E-state index contributed by atoms with van der Waals surface area (Å²) >= 11 is 0. The molecule has 2 atom stereocenters. The summed E-state index contributed by atoms with van der Waals surface area (Å²) in [6, 6.07) is 7.92. The van der Waals surface area contributed by atoms with E-state index in [-0.39, 0.29) is 17.3 Å². The fourth-order valence-electron chi connectivity index (χ4n) is 3.06. The van der Waals surface area contributed by atoms with Gasteiger partial charge in [0.05, 0.1) is 11.8 Å². The summed E-state index contributed by atoms with van der Waals surface area (Å²) < 4.78 is 66.5. The number of carbonyl (C=O) groups is 1. The van der Waals surface area contributed by atoms with Crippen LogP contribution in [-0.2, 0) is 10.2 Å². The highest BCUT2D eigenvalue weighted by Crippen LogP contribution is 2.47. The second-order valence-corrected chi connectivity index (χ2v) is 8.04. The second kappa shape index (κ2) is 7.57. The van der Waals surface area contributed by atoms with Gasteiger partial charge in [-0.15, -0.1) is 0 Å². The van der Waals surface area contributed by atoms with E-state index in [0.717, 1.165) is 11.1 Å². The third kappa shape index (κ3) is 4.16. The lowest BCUT2D eigenvalue weighted by Crippen LogP contribution is -2.20. The Morgan fingerprint density at radius 3 is 2.00 bits per heavy atom. The summed E-state index contributed by atoms with van der Waals surface area (Å²) in [7, 11) is 0. The van der Waals surface area contributed by atoms with Crippen LogP contribution >= 0.6 is 0 Å². The first-order valence-electron chi connectivity index (χ1n) is 8.97. The van der Waals surface area contributed by atoms with Crippen molar-refractivity contribution in [3.8, 4) is 0 Å². The van der Waals surface area contributed by atoms with E-state index >= 15 is 0 Å². The third-order valence-corrected chi connectivity index (χ3v) is 4.94. The van der Waals surface area contributed by atoms with Gasteiger partial charge in [-0.1, -0.05) is 45.0 Å². The van der Waals surface area contributed by atoms with Crippen molar-refractivity contribution < 1.29 is 26.7 Å². The van der Waals surface area contributed by atoms with Crippen molar-refractivity contribution in [2.45, 2.75) is 38.5 Å². The third-order valence-electron chi connectivity index (χ3n) is 4.94. The van der Waals surface area contributed by atoms with Gasteiger partial charge in [-0.2, -0.15) is 5.10 Å². The molecule has 0 heterocycles. The van der Waals surface area contributed by atoms with Crippen molar-refractivity contribution in [2.75, 3.05) is 0 Å². The molecule has 0 saturated heterocycles. The lowest BCUT2D eigenvalue weighted by atomic mass is 9.86. The van der Waals surface area contributed by atoms with E-state index in [2.05, 4.69) is 31.3 Å². The minimum atomic E-state index is -2.25. The molecule has 1 N–H and O–H groups in total. The summed E-state index contributed by atoms with van der Waals surface area (Å²) in [5, 5.41) is 3.35. The van der Waals surface area contributed by atoms with E-state index in [1.54, 1.807) is 0 Å². The van der Waals surface area contributed by atoms with Gasteiger partial charge in [-0.05, 0) is 28.9 Å². The molecule has 154 valence electrons. The minimum absolute atomic E-state index is 0.00611. The molecule has 1 aliphatic carbocycles. The van der Waals surface area contributed by atoms with Gasteiger partial charge in [0.2, 0.25) is 11.7 Å². The van der Waals surface area contributed by atoms with Crippen LogP contribution in [0.1, 0.15) is 49.8 Å². The van der Waals surface area contributed by atoms with Crippen LogP contribution in [0.3, 0.4) is 0 Å². The zero-order valence-corrected chi connectivity index (χ0v) is 16.0. The lowest BCUT2D eigenvalue weighted by molar-refractivity contribution is -0.122. The van der Waals surface area contributed by atoms with Crippen LogP contribution in [0.4, 0.5) is 22.0 Å². The van der Waals surface area contributed by atoms with Crippen LogP contribution in [0, 0.1) is 35.0 Å².